The topological polar surface area (TPSA) is 38.5 Å². The van der Waals surface area contributed by atoms with E-state index in [0.717, 1.165) is 12.2 Å². The predicted molar refractivity (Wildman–Crippen MR) is 72.4 cm³/mol. The normalized spacial score (nSPS) is 14.7. The lowest BCUT2D eigenvalue weighted by molar-refractivity contribution is 0.139. The zero-order valence-electron chi connectivity index (χ0n) is 11.4. The zero-order chi connectivity index (χ0) is 12.9. The summed E-state index contributed by atoms with van der Waals surface area (Å²) < 4.78 is 5.80. The van der Waals surface area contributed by atoms with E-state index in [-0.39, 0.29) is 5.54 Å². The third-order valence-electron chi connectivity index (χ3n) is 3.51. The van der Waals surface area contributed by atoms with Gasteiger partial charge in [-0.25, -0.2) is 0 Å². The lowest BCUT2D eigenvalue weighted by Crippen LogP contribution is -2.48. The maximum atomic E-state index is 5.82. The van der Waals surface area contributed by atoms with E-state index >= 15 is 0 Å². The fourth-order valence-electron chi connectivity index (χ4n) is 1.61. The van der Waals surface area contributed by atoms with Crippen LogP contribution >= 0.6 is 0 Å². The van der Waals surface area contributed by atoms with Crippen molar-refractivity contribution in [2.45, 2.75) is 25.8 Å². The van der Waals surface area contributed by atoms with Crippen LogP contribution in [0.4, 0.5) is 0 Å². The molecule has 2 N–H and O–H groups in total. The van der Waals surface area contributed by atoms with E-state index in [2.05, 4.69) is 38.9 Å². The van der Waals surface area contributed by atoms with Gasteiger partial charge in [0.2, 0.25) is 0 Å². The maximum absolute atomic E-state index is 5.82. The van der Waals surface area contributed by atoms with Crippen molar-refractivity contribution in [3.63, 3.8) is 0 Å². The van der Waals surface area contributed by atoms with E-state index in [0.29, 0.717) is 13.2 Å². The van der Waals surface area contributed by atoms with Gasteiger partial charge >= 0.3 is 0 Å². The SMILES string of the molecule is Cc1ccccc1OCCC(C)(CN)N(C)C. The van der Waals surface area contributed by atoms with E-state index < -0.39 is 0 Å². The van der Waals surface area contributed by atoms with E-state index in [9.17, 15) is 0 Å². The average Bonchev–Trinajstić information content (AvgIpc) is 2.31. The van der Waals surface area contributed by atoms with Crippen LogP contribution in [0.5, 0.6) is 5.75 Å². The van der Waals surface area contributed by atoms with Crippen LogP contribution < -0.4 is 10.5 Å². The summed E-state index contributed by atoms with van der Waals surface area (Å²) >= 11 is 0. The largest absolute Gasteiger partial charge is 0.493 e. The standard InChI is InChI=1S/C14H24N2O/c1-12-7-5-6-8-13(12)17-10-9-14(2,11-15)16(3)4/h5-8H,9-11,15H2,1-4H3. The van der Waals surface area contributed by atoms with Crippen molar-refractivity contribution in [2.24, 2.45) is 5.73 Å². The Morgan fingerprint density at radius 2 is 1.94 bits per heavy atom. The third-order valence-corrected chi connectivity index (χ3v) is 3.51. The van der Waals surface area contributed by atoms with E-state index in [4.69, 9.17) is 10.5 Å². The Hall–Kier alpha value is -1.06. The fraction of sp³-hybridized carbons (Fsp3) is 0.571. The molecule has 3 nitrogen and oxygen atoms in total. The van der Waals surface area contributed by atoms with Crippen molar-refractivity contribution in [1.29, 1.82) is 0 Å². The number of benzene rings is 1. The summed E-state index contributed by atoms with van der Waals surface area (Å²) in [5, 5.41) is 0. The Bertz CT molecular complexity index is 352. The highest BCUT2D eigenvalue weighted by molar-refractivity contribution is 5.31. The monoisotopic (exact) mass is 236 g/mol. The molecular formula is C14H24N2O. The molecule has 1 aromatic carbocycles. The van der Waals surface area contributed by atoms with Gasteiger partial charge in [-0.3, -0.25) is 0 Å². The summed E-state index contributed by atoms with van der Waals surface area (Å²) in [6.45, 7) is 5.55. The maximum Gasteiger partial charge on any atom is 0.122 e. The van der Waals surface area contributed by atoms with Crippen molar-refractivity contribution in [2.75, 3.05) is 27.2 Å². The van der Waals surface area contributed by atoms with Crippen LogP contribution in [0.25, 0.3) is 0 Å². The Labute approximate surface area is 105 Å². The lowest BCUT2D eigenvalue weighted by Gasteiger charge is -2.35. The van der Waals surface area contributed by atoms with E-state index in [1.54, 1.807) is 0 Å². The fourth-order valence-corrected chi connectivity index (χ4v) is 1.61. The van der Waals surface area contributed by atoms with Crippen LogP contribution in [0.2, 0.25) is 0 Å². The number of hydrogen-bond donors (Lipinski definition) is 1. The minimum atomic E-state index is 0.00266. The van der Waals surface area contributed by atoms with Crippen molar-refractivity contribution in [3.8, 4) is 5.75 Å². The molecule has 0 saturated heterocycles. The van der Waals surface area contributed by atoms with Gasteiger partial charge in [0.1, 0.15) is 5.75 Å². The number of nitrogens with two attached hydrogens (primary N) is 1. The summed E-state index contributed by atoms with van der Waals surface area (Å²) in [7, 11) is 4.11. The Morgan fingerprint density at radius 1 is 1.29 bits per heavy atom. The van der Waals surface area contributed by atoms with Crippen LogP contribution in [0.3, 0.4) is 0 Å². The molecule has 0 spiro atoms. The molecule has 1 unspecified atom stereocenters. The van der Waals surface area contributed by atoms with Gasteiger partial charge in [-0.1, -0.05) is 18.2 Å². The Balaban J connectivity index is 2.50. The summed E-state index contributed by atoms with van der Waals surface area (Å²) in [4.78, 5) is 2.16. The van der Waals surface area contributed by atoms with Gasteiger partial charge in [-0.2, -0.15) is 0 Å². The first-order valence-electron chi connectivity index (χ1n) is 6.05. The molecule has 0 aliphatic rings. The number of hydrogen-bond acceptors (Lipinski definition) is 3. The first kappa shape index (κ1) is 14.0. The van der Waals surface area contributed by atoms with Gasteiger partial charge in [-0.05, 0) is 39.6 Å². The quantitative estimate of drug-likeness (QED) is 0.821. The summed E-state index contributed by atoms with van der Waals surface area (Å²) in [5.74, 6) is 0.964. The molecule has 0 heterocycles. The van der Waals surface area contributed by atoms with Gasteiger partial charge in [0.25, 0.3) is 0 Å². The average molecular weight is 236 g/mol. The van der Waals surface area contributed by atoms with Gasteiger partial charge in [0, 0.05) is 18.5 Å². The molecular weight excluding hydrogens is 212 g/mol. The second kappa shape index (κ2) is 6.03. The smallest absolute Gasteiger partial charge is 0.122 e. The molecule has 96 valence electrons. The van der Waals surface area contributed by atoms with Gasteiger partial charge in [0.05, 0.1) is 6.61 Å². The van der Waals surface area contributed by atoms with Crippen LogP contribution in [-0.2, 0) is 0 Å². The van der Waals surface area contributed by atoms with Crippen LogP contribution in [0, 0.1) is 6.92 Å². The van der Waals surface area contributed by atoms with Crippen LogP contribution in [0.1, 0.15) is 18.9 Å². The second-order valence-corrected chi connectivity index (χ2v) is 4.96. The molecule has 0 saturated carbocycles. The van der Waals surface area contributed by atoms with Crippen molar-refractivity contribution < 1.29 is 4.74 Å². The van der Waals surface area contributed by atoms with Gasteiger partial charge in [0.15, 0.2) is 0 Å². The van der Waals surface area contributed by atoms with Crippen LogP contribution in [-0.4, -0.2) is 37.7 Å². The number of para-hydroxylation sites is 1. The Kier molecular flexibility index (Phi) is 4.97. The highest BCUT2D eigenvalue weighted by atomic mass is 16.5. The lowest BCUT2D eigenvalue weighted by atomic mass is 9.97. The minimum absolute atomic E-state index is 0.00266. The van der Waals surface area contributed by atoms with E-state index in [1.807, 2.05) is 18.2 Å². The molecule has 3 heteroatoms. The predicted octanol–water partition coefficient (Wildman–Crippen LogP) is 2.04. The molecule has 0 amide bonds. The molecule has 1 atom stereocenters. The first-order valence-corrected chi connectivity index (χ1v) is 6.05. The molecule has 0 radical (unpaired) electrons. The summed E-state index contributed by atoms with van der Waals surface area (Å²) in [6, 6.07) is 8.08. The summed E-state index contributed by atoms with van der Waals surface area (Å²) in [6.07, 6.45) is 0.921. The third kappa shape index (κ3) is 3.72. The number of nitrogens with zero attached hydrogens (tertiary/aromatic N) is 1. The second-order valence-electron chi connectivity index (χ2n) is 4.96. The van der Waals surface area contributed by atoms with Crippen LogP contribution in [0.15, 0.2) is 24.3 Å². The van der Waals surface area contributed by atoms with Crippen molar-refractivity contribution in [3.05, 3.63) is 29.8 Å². The number of aryl methyl sites for hydroxylation is 1. The summed E-state index contributed by atoms with van der Waals surface area (Å²) in [5.41, 5.74) is 7.00. The minimum Gasteiger partial charge on any atom is -0.493 e. The Morgan fingerprint density at radius 3 is 2.47 bits per heavy atom. The zero-order valence-corrected chi connectivity index (χ0v) is 11.4. The molecule has 0 fully saturated rings. The molecule has 0 aliphatic heterocycles. The van der Waals surface area contributed by atoms with Crippen molar-refractivity contribution in [1.82, 2.24) is 4.90 Å². The number of ether oxygens (including phenoxy) is 1. The molecule has 0 bridgehead atoms. The molecule has 1 rings (SSSR count). The molecule has 17 heavy (non-hydrogen) atoms. The molecule has 0 aliphatic carbocycles. The highest BCUT2D eigenvalue weighted by Crippen LogP contribution is 2.19. The molecule has 0 aromatic heterocycles. The van der Waals surface area contributed by atoms with Gasteiger partial charge < -0.3 is 15.4 Å². The first-order chi connectivity index (χ1) is 7.99. The van der Waals surface area contributed by atoms with E-state index in [1.165, 1.54) is 5.56 Å². The van der Waals surface area contributed by atoms with Crippen molar-refractivity contribution >= 4 is 0 Å². The highest BCUT2D eigenvalue weighted by Gasteiger charge is 2.24. The number of likely N-dealkylation sites (N-methyl/N-ethyl adjacent to an activating group) is 1. The molecule has 1 aromatic rings. The van der Waals surface area contributed by atoms with Gasteiger partial charge in [-0.15, -0.1) is 0 Å². The number of rotatable bonds is 6.